The van der Waals surface area contributed by atoms with Crippen LogP contribution in [0.3, 0.4) is 0 Å². The number of ketones is 1. The van der Waals surface area contributed by atoms with Gasteiger partial charge in [0.15, 0.2) is 5.70 Å². The molecule has 0 aromatic heterocycles. The van der Waals surface area contributed by atoms with Crippen LogP contribution in [0.25, 0.3) is 0 Å². The van der Waals surface area contributed by atoms with Crippen molar-refractivity contribution >= 4 is 5.78 Å². The van der Waals surface area contributed by atoms with E-state index in [-0.39, 0.29) is 5.78 Å². The molecule has 3 heteroatoms. The van der Waals surface area contributed by atoms with Gasteiger partial charge < -0.3 is 11.5 Å². The van der Waals surface area contributed by atoms with Crippen LogP contribution >= 0.6 is 0 Å². The first-order chi connectivity index (χ1) is 3.55. The average molecular weight is 115 g/mol. The number of hydrogen-bond acceptors (Lipinski definition) is 2. The lowest BCUT2D eigenvalue weighted by Crippen LogP contribution is -2.52. The summed E-state index contributed by atoms with van der Waals surface area (Å²) in [4.78, 5) is 10.4. The van der Waals surface area contributed by atoms with E-state index in [1.165, 1.54) is 6.92 Å². The lowest BCUT2D eigenvalue weighted by atomic mass is 10.3. The van der Waals surface area contributed by atoms with Gasteiger partial charge in [-0.05, 0) is 6.92 Å². The number of carbonyl (C=O) groups is 1. The maximum Gasteiger partial charge on any atom is 0.214 e. The fourth-order valence-electron chi connectivity index (χ4n) is 0.278. The molecule has 0 heterocycles. The first-order valence-corrected chi connectivity index (χ1v) is 2.35. The Balaban J connectivity index is 4.23. The van der Waals surface area contributed by atoms with Crippen molar-refractivity contribution in [1.82, 2.24) is 0 Å². The molecule has 8 heavy (non-hydrogen) atoms. The topological polar surface area (TPSA) is 70.7 Å². The highest BCUT2D eigenvalue weighted by Crippen LogP contribution is 1.85. The van der Waals surface area contributed by atoms with E-state index in [1.54, 1.807) is 6.92 Å². The summed E-state index contributed by atoms with van der Waals surface area (Å²) in [7, 11) is 0. The van der Waals surface area contributed by atoms with E-state index < -0.39 is 0 Å². The summed E-state index contributed by atoms with van der Waals surface area (Å²) in [5.74, 6) is -0.0648. The monoisotopic (exact) mass is 115 g/mol. The van der Waals surface area contributed by atoms with Gasteiger partial charge in [0.2, 0.25) is 5.78 Å². The van der Waals surface area contributed by atoms with E-state index in [4.69, 9.17) is 5.73 Å². The second kappa shape index (κ2) is 2.47. The van der Waals surface area contributed by atoms with Crippen LogP contribution in [0.5, 0.6) is 0 Å². The van der Waals surface area contributed by atoms with Crippen molar-refractivity contribution in [2.24, 2.45) is 5.73 Å². The van der Waals surface area contributed by atoms with Crippen molar-refractivity contribution in [2.75, 3.05) is 0 Å². The minimum absolute atomic E-state index is 0.0648. The van der Waals surface area contributed by atoms with E-state index >= 15 is 0 Å². The zero-order valence-electron chi connectivity index (χ0n) is 5.19. The molecule has 0 spiro atoms. The van der Waals surface area contributed by atoms with Crippen LogP contribution < -0.4 is 11.5 Å². The Labute approximate surface area is 48.4 Å². The Morgan fingerprint density at radius 2 is 1.88 bits per heavy atom. The van der Waals surface area contributed by atoms with Gasteiger partial charge in [0.25, 0.3) is 0 Å². The molecule has 46 valence electrons. The van der Waals surface area contributed by atoms with Gasteiger partial charge in [0.05, 0.1) is 5.70 Å². The number of carbonyl (C=O) groups excluding carboxylic acids is 1. The van der Waals surface area contributed by atoms with Crippen LogP contribution in [0.4, 0.5) is 0 Å². The fourth-order valence-corrected chi connectivity index (χ4v) is 0.278. The summed E-state index contributed by atoms with van der Waals surface area (Å²) < 4.78 is 0. The third-order valence-electron chi connectivity index (χ3n) is 0.901. The molecule has 0 radical (unpaired) electrons. The minimum atomic E-state index is -0.0648. The van der Waals surface area contributed by atoms with Crippen molar-refractivity contribution in [3.63, 3.8) is 0 Å². The van der Waals surface area contributed by atoms with Crippen molar-refractivity contribution in [1.29, 1.82) is 0 Å². The molecule has 0 aromatic rings. The summed E-state index contributed by atoms with van der Waals surface area (Å²) in [5, 5.41) is 0. The number of allylic oxidation sites excluding steroid dienone is 2. The summed E-state index contributed by atoms with van der Waals surface area (Å²) in [6.45, 7) is 3.10. The van der Waals surface area contributed by atoms with Crippen LogP contribution in [0.15, 0.2) is 11.4 Å². The van der Waals surface area contributed by atoms with Gasteiger partial charge in [0.1, 0.15) is 0 Å². The molecule has 0 saturated heterocycles. The Hall–Kier alpha value is -0.830. The van der Waals surface area contributed by atoms with Crippen LogP contribution in [-0.4, -0.2) is 5.78 Å². The quantitative estimate of drug-likeness (QED) is 0.431. The molecule has 0 atom stereocenters. The van der Waals surface area contributed by atoms with Crippen LogP contribution in [0.2, 0.25) is 0 Å². The molecule has 0 rings (SSSR count). The molecule has 5 N–H and O–H groups in total. The van der Waals surface area contributed by atoms with Crippen LogP contribution in [0.1, 0.15) is 13.8 Å². The highest BCUT2D eigenvalue weighted by Gasteiger charge is 2.02. The Morgan fingerprint density at radius 1 is 1.50 bits per heavy atom. The highest BCUT2D eigenvalue weighted by molar-refractivity contribution is 5.90. The number of hydrogen-bond donors (Lipinski definition) is 2. The predicted molar refractivity (Wildman–Crippen MR) is 30.5 cm³/mol. The molecular weight excluding hydrogens is 104 g/mol. The largest absolute Gasteiger partial charge is 0.397 e. The van der Waals surface area contributed by atoms with Crippen molar-refractivity contribution in [2.45, 2.75) is 13.8 Å². The molecule has 0 aliphatic carbocycles. The standard InChI is InChI=1S/C5H10N2O/c1-3(6)5(7)4(2)8/h6-7H2,1-2H3/p+1/b5-3-. The van der Waals surface area contributed by atoms with Gasteiger partial charge in [-0.25, -0.2) is 0 Å². The van der Waals surface area contributed by atoms with Crippen molar-refractivity contribution in [3.05, 3.63) is 11.4 Å². The second-order valence-electron chi connectivity index (χ2n) is 1.72. The van der Waals surface area contributed by atoms with E-state index in [0.717, 1.165) is 0 Å². The zero-order valence-corrected chi connectivity index (χ0v) is 5.19. The Morgan fingerprint density at radius 3 is 1.88 bits per heavy atom. The van der Waals surface area contributed by atoms with Gasteiger partial charge in [-0.3, -0.25) is 4.79 Å². The van der Waals surface area contributed by atoms with Gasteiger partial charge in [-0.1, -0.05) is 0 Å². The minimum Gasteiger partial charge on any atom is -0.397 e. The second-order valence-corrected chi connectivity index (χ2v) is 1.72. The number of Topliss-reactive ketones (excluding diaryl/α,β-unsaturated/α-hetero) is 1. The van der Waals surface area contributed by atoms with E-state index in [2.05, 4.69) is 5.73 Å². The molecule has 0 saturated carbocycles. The lowest BCUT2D eigenvalue weighted by molar-refractivity contribution is -0.299. The first kappa shape index (κ1) is 7.17. The smallest absolute Gasteiger partial charge is 0.214 e. The summed E-state index contributed by atoms with van der Waals surface area (Å²) in [5.41, 5.74) is 9.58. The third-order valence-corrected chi connectivity index (χ3v) is 0.901. The molecule has 3 nitrogen and oxygen atoms in total. The van der Waals surface area contributed by atoms with Gasteiger partial charge in [0, 0.05) is 6.92 Å². The summed E-state index contributed by atoms with van der Waals surface area (Å²) in [6.07, 6.45) is 0. The van der Waals surface area contributed by atoms with Gasteiger partial charge in [-0.15, -0.1) is 0 Å². The molecule has 0 fully saturated rings. The molecule has 0 aliphatic rings. The fraction of sp³-hybridized carbons (Fsp3) is 0.400. The molecular formula is C5H11N2O+. The van der Waals surface area contributed by atoms with Crippen LogP contribution in [-0.2, 0) is 4.79 Å². The normalized spacial score (nSPS) is 12.9. The Bertz CT molecular complexity index is 133. The summed E-state index contributed by atoms with van der Waals surface area (Å²) in [6, 6.07) is 0. The van der Waals surface area contributed by atoms with E-state index in [0.29, 0.717) is 11.4 Å². The molecule has 0 aromatic carbocycles. The first-order valence-electron chi connectivity index (χ1n) is 2.35. The Kier molecular flexibility index (Phi) is 2.21. The van der Waals surface area contributed by atoms with Crippen molar-refractivity contribution in [3.8, 4) is 0 Å². The van der Waals surface area contributed by atoms with Crippen molar-refractivity contribution < 1.29 is 10.5 Å². The predicted octanol–water partition coefficient (Wildman–Crippen LogP) is -0.992. The zero-order chi connectivity index (χ0) is 6.73. The molecule has 0 bridgehead atoms. The highest BCUT2D eigenvalue weighted by atomic mass is 16.1. The third kappa shape index (κ3) is 1.75. The van der Waals surface area contributed by atoms with Gasteiger partial charge >= 0.3 is 0 Å². The number of rotatable bonds is 1. The SMILES string of the molecule is CC(=O)/C([NH3+])=C(\C)N. The number of nitrogens with two attached hydrogens (primary N) is 1. The maximum absolute atomic E-state index is 10.4. The lowest BCUT2D eigenvalue weighted by Gasteiger charge is -1.89. The van der Waals surface area contributed by atoms with Gasteiger partial charge in [-0.2, -0.15) is 0 Å². The molecule has 0 amide bonds. The van der Waals surface area contributed by atoms with E-state index in [9.17, 15) is 4.79 Å². The molecule has 0 aliphatic heterocycles. The maximum atomic E-state index is 10.4. The molecule has 0 unspecified atom stereocenters. The average Bonchev–Trinajstić information content (AvgIpc) is 1.64. The number of quaternary nitrogens is 1. The van der Waals surface area contributed by atoms with Crippen LogP contribution in [0, 0.1) is 0 Å². The summed E-state index contributed by atoms with van der Waals surface area (Å²) >= 11 is 0. The van der Waals surface area contributed by atoms with E-state index in [1.807, 2.05) is 0 Å².